The van der Waals surface area contributed by atoms with Gasteiger partial charge in [0.25, 0.3) is 0 Å². The molecular formula is C26H46O3. The van der Waals surface area contributed by atoms with E-state index in [0.717, 1.165) is 70.8 Å². The van der Waals surface area contributed by atoms with E-state index in [1.807, 2.05) is 18.2 Å². The van der Waals surface area contributed by atoms with Gasteiger partial charge in [-0.1, -0.05) is 82.7 Å². The number of rotatable bonds is 19. The summed E-state index contributed by atoms with van der Waals surface area (Å²) in [6.07, 6.45) is 14.0. The van der Waals surface area contributed by atoms with Gasteiger partial charge in [-0.25, -0.2) is 0 Å². The van der Waals surface area contributed by atoms with Crippen LogP contribution >= 0.6 is 0 Å². The number of aliphatic hydroxyl groups excluding tert-OH is 1. The van der Waals surface area contributed by atoms with Crippen molar-refractivity contribution >= 4 is 0 Å². The van der Waals surface area contributed by atoms with E-state index in [1.54, 1.807) is 0 Å². The fourth-order valence-electron chi connectivity index (χ4n) is 3.94. The van der Waals surface area contributed by atoms with E-state index in [-0.39, 0.29) is 6.10 Å². The molecule has 168 valence electrons. The van der Waals surface area contributed by atoms with E-state index >= 15 is 0 Å². The van der Waals surface area contributed by atoms with Crippen molar-refractivity contribution in [3.8, 4) is 0 Å². The molecule has 1 aromatic rings. The van der Waals surface area contributed by atoms with Crippen LogP contribution in [0.2, 0.25) is 0 Å². The molecule has 0 radical (unpaired) electrons. The lowest BCUT2D eigenvalue weighted by Gasteiger charge is -2.29. The van der Waals surface area contributed by atoms with Crippen molar-refractivity contribution < 1.29 is 14.9 Å². The van der Waals surface area contributed by atoms with Crippen LogP contribution in [0.4, 0.5) is 0 Å². The molecule has 3 nitrogen and oxygen atoms in total. The largest absolute Gasteiger partial charge is 0.393 e. The highest BCUT2D eigenvalue weighted by Crippen LogP contribution is 2.28. The SMILES string of the molecule is CCCCCC(O)(CCCCC)CCCC(O)CCCCOCc1ccccc1. The van der Waals surface area contributed by atoms with Crippen molar-refractivity contribution in [3.05, 3.63) is 35.9 Å². The summed E-state index contributed by atoms with van der Waals surface area (Å²) in [5.74, 6) is 0. The molecule has 0 saturated heterocycles. The molecule has 29 heavy (non-hydrogen) atoms. The number of hydrogen-bond acceptors (Lipinski definition) is 3. The molecule has 0 heterocycles. The van der Waals surface area contributed by atoms with Gasteiger partial charge in [-0.15, -0.1) is 0 Å². The first-order chi connectivity index (χ1) is 14.1. The minimum atomic E-state index is -0.519. The molecule has 2 N–H and O–H groups in total. The van der Waals surface area contributed by atoms with Crippen molar-refractivity contribution in [2.75, 3.05) is 6.61 Å². The molecule has 0 aliphatic rings. The van der Waals surface area contributed by atoms with E-state index in [1.165, 1.54) is 31.2 Å². The lowest BCUT2D eigenvalue weighted by atomic mass is 9.85. The Hall–Kier alpha value is -0.900. The van der Waals surface area contributed by atoms with Gasteiger partial charge in [-0.3, -0.25) is 0 Å². The Balaban J connectivity index is 2.12. The summed E-state index contributed by atoms with van der Waals surface area (Å²) in [6.45, 7) is 5.83. The highest BCUT2D eigenvalue weighted by Gasteiger charge is 2.25. The molecule has 0 spiro atoms. The van der Waals surface area contributed by atoms with Gasteiger partial charge in [0.15, 0.2) is 0 Å². The van der Waals surface area contributed by atoms with Gasteiger partial charge in [-0.05, 0) is 56.9 Å². The first-order valence-electron chi connectivity index (χ1n) is 12.1. The highest BCUT2D eigenvalue weighted by molar-refractivity contribution is 5.13. The summed E-state index contributed by atoms with van der Waals surface area (Å²) < 4.78 is 5.71. The van der Waals surface area contributed by atoms with Crippen LogP contribution in [-0.2, 0) is 11.3 Å². The van der Waals surface area contributed by atoms with Gasteiger partial charge in [0.05, 0.1) is 18.3 Å². The Morgan fingerprint density at radius 2 is 1.38 bits per heavy atom. The van der Waals surface area contributed by atoms with Gasteiger partial charge in [0.1, 0.15) is 0 Å². The standard InChI is InChI=1S/C26H46O3/c1-3-5-11-19-26(28,20-12-6-4-2)21-14-18-25(27)17-10-13-22-29-23-24-15-8-7-9-16-24/h7-9,15-16,25,27-28H,3-6,10-14,17-23H2,1-2H3. The molecule has 1 unspecified atom stereocenters. The van der Waals surface area contributed by atoms with Crippen molar-refractivity contribution in [3.63, 3.8) is 0 Å². The number of unbranched alkanes of at least 4 members (excludes halogenated alkanes) is 5. The topological polar surface area (TPSA) is 49.7 Å². The third-order valence-electron chi connectivity index (χ3n) is 5.86. The predicted octanol–water partition coefficient (Wildman–Crippen LogP) is 6.80. The van der Waals surface area contributed by atoms with Crippen LogP contribution in [0.1, 0.15) is 109 Å². The summed E-state index contributed by atoms with van der Waals surface area (Å²) in [6, 6.07) is 10.2. The van der Waals surface area contributed by atoms with Crippen LogP contribution < -0.4 is 0 Å². The molecule has 0 aliphatic carbocycles. The second kappa shape index (κ2) is 16.8. The van der Waals surface area contributed by atoms with Crippen LogP contribution in [0.5, 0.6) is 0 Å². The molecule has 0 bridgehead atoms. The minimum Gasteiger partial charge on any atom is -0.393 e. The Bertz CT molecular complexity index is 464. The van der Waals surface area contributed by atoms with E-state index < -0.39 is 5.60 Å². The van der Waals surface area contributed by atoms with Crippen LogP contribution in [-0.4, -0.2) is 28.5 Å². The third-order valence-corrected chi connectivity index (χ3v) is 5.86. The van der Waals surface area contributed by atoms with Gasteiger partial charge in [-0.2, -0.15) is 0 Å². The van der Waals surface area contributed by atoms with E-state index in [0.29, 0.717) is 6.61 Å². The number of ether oxygens (including phenoxy) is 1. The molecule has 1 rings (SSSR count). The lowest BCUT2D eigenvalue weighted by Crippen LogP contribution is -2.29. The molecule has 0 fully saturated rings. The van der Waals surface area contributed by atoms with E-state index in [4.69, 9.17) is 4.74 Å². The molecule has 0 saturated carbocycles. The quantitative estimate of drug-likeness (QED) is 0.248. The fourth-order valence-corrected chi connectivity index (χ4v) is 3.94. The summed E-state index contributed by atoms with van der Waals surface area (Å²) in [7, 11) is 0. The minimum absolute atomic E-state index is 0.250. The maximum absolute atomic E-state index is 11.0. The van der Waals surface area contributed by atoms with Crippen LogP contribution in [0.15, 0.2) is 30.3 Å². The average molecular weight is 407 g/mol. The maximum atomic E-state index is 11.0. The Morgan fingerprint density at radius 3 is 2.00 bits per heavy atom. The van der Waals surface area contributed by atoms with Crippen molar-refractivity contribution in [2.45, 2.75) is 122 Å². The maximum Gasteiger partial charge on any atom is 0.0716 e. The predicted molar refractivity (Wildman–Crippen MR) is 123 cm³/mol. The summed E-state index contributed by atoms with van der Waals surface area (Å²) in [4.78, 5) is 0. The van der Waals surface area contributed by atoms with E-state index in [9.17, 15) is 10.2 Å². The van der Waals surface area contributed by atoms with Gasteiger partial charge in [0.2, 0.25) is 0 Å². The van der Waals surface area contributed by atoms with Gasteiger partial charge < -0.3 is 14.9 Å². The molecule has 0 aliphatic heterocycles. The molecular weight excluding hydrogens is 360 g/mol. The summed E-state index contributed by atoms with van der Waals surface area (Å²) in [5.41, 5.74) is 0.688. The molecule has 0 amide bonds. The van der Waals surface area contributed by atoms with Crippen molar-refractivity contribution in [1.82, 2.24) is 0 Å². The number of hydrogen-bond donors (Lipinski definition) is 2. The highest BCUT2D eigenvalue weighted by atomic mass is 16.5. The Kier molecular flexibility index (Phi) is 15.2. The zero-order valence-corrected chi connectivity index (χ0v) is 19.1. The van der Waals surface area contributed by atoms with Crippen molar-refractivity contribution in [1.29, 1.82) is 0 Å². The first-order valence-corrected chi connectivity index (χ1v) is 12.1. The van der Waals surface area contributed by atoms with Crippen molar-refractivity contribution in [2.24, 2.45) is 0 Å². The fraction of sp³-hybridized carbons (Fsp3) is 0.769. The number of aliphatic hydroxyl groups is 2. The average Bonchev–Trinajstić information content (AvgIpc) is 2.72. The molecule has 1 aromatic carbocycles. The summed E-state index contributed by atoms with van der Waals surface area (Å²) in [5, 5.41) is 21.3. The molecule has 3 heteroatoms. The van der Waals surface area contributed by atoms with Crippen LogP contribution in [0, 0.1) is 0 Å². The normalized spacial score (nSPS) is 13.0. The first kappa shape index (κ1) is 26.1. The third kappa shape index (κ3) is 13.9. The van der Waals surface area contributed by atoms with Crippen LogP contribution in [0.25, 0.3) is 0 Å². The molecule has 1 atom stereocenters. The van der Waals surface area contributed by atoms with Gasteiger partial charge in [0, 0.05) is 6.61 Å². The second-order valence-electron chi connectivity index (χ2n) is 8.72. The second-order valence-corrected chi connectivity index (χ2v) is 8.72. The monoisotopic (exact) mass is 406 g/mol. The lowest BCUT2D eigenvalue weighted by molar-refractivity contribution is 0.00409. The molecule has 0 aromatic heterocycles. The van der Waals surface area contributed by atoms with E-state index in [2.05, 4.69) is 26.0 Å². The Morgan fingerprint density at radius 1 is 0.793 bits per heavy atom. The zero-order chi connectivity index (χ0) is 21.2. The van der Waals surface area contributed by atoms with Crippen LogP contribution in [0.3, 0.4) is 0 Å². The summed E-state index contributed by atoms with van der Waals surface area (Å²) >= 11 is 0. The zero-order valence-electron chi connectivity index (χ0n) is 19.1. The smallest absolute Gasteiger partial charge is 0.0716 e. The Labute approximate surface area is 179 Å². The number of benzene rings is 1. The van der Waals surface area contributed by atoms with Gasteiger partial charge >= 0.3 is 0 Å².